The topological polar surface area (TPSA) is 46.2 Å². The van der Waals surface area contributed by atoms with E-state index in [1.54, 1.807) is 0 Å². The predicted octanol–water partition coefficient (Wildman–Crippen LogP) is 2.66. The van der Waals surface area contributed by atoms with Gasteiger partial charge in [0.15, 0.2) is 0 Å². The largest absolute Gasteiger partial charge is 0.241 e. The molecule has 0 aliphatic heterocycles. The minimum atomic E-state index is -3.71. The van der Waals surface area contributed by atoms with Crippen molar-refractivity contribution in [3.05, 3.63) is 30.1 Å². The van der Waals surface area contributed by atoms with Crippen molar-refractivity contribution >= 4 is 21.6 Å². The number of hydrogen-bond donors (Lipinski definition) is 1. The molecule has 0 amide bonds. The van der Waals surface area contributed by atoms with Crippen LogP contribution in [0.1, 0.15) is 25.7 Å². The van der Waals surface area contributed by atoms with E-state index in [4.69, 9.17) is 11.6 Å². The van der Waals surface area contributed by atoms with E-state index >= 15 is 0 Å². The summed E-state index contributed by atoms with van der Waals surface area (Å²) in [6.07, 6.45) is 3.37. The normalized spacial score (nSPS) is 19.0. The van der Waals surface area contributed by atoms with Gasteiger partial charge in [-0.3, -0.25) is 0 Å². The number of alkyl halides is 1. The molecule has 1 fully saturated rings. The molecule has 1 N–H and O–H groups in total. The Morgan fingerprint density at radius 1 is 1.33 bits per heavy atom. The monoisotopic (exact) mass is 291 g/mol. The van der Waals surface area contributed by atoms with Gasteiger partial charge < -0.3 is 0 Å². The highest BCUT2D eigenvalue weighted by Gasteiger charge is 2.37. The van der Waals surface area contributed by atoms with Crippen LogP contribution >= 0.6 is 11.6 Å². The van der Waals surface area contributed by atoms with Gasteiger partial charge in [-0.15, -0.1) is 11.6 Å². The van der Waals surface area contributed by atoms with Crippen LogP contribution in [0.3, 0.4) is 0 Å². The van der Waals surface area contributed by atoms with Crippen molar-refractivity contribution in [1.29, 1.82) is 0 Å². The van der Waals surface area contributed by atoms with Crippen LogP contribution in [0.5, 0.6) is 0 Å². The Kier molecular flexibility index (Phi) is 3.94. The molecule has 0 atom stereocenters. The lowest BCUT2D eigenvalue weighted by atomic mass is 10.0. The van der Waals surface area contributed by atoms with Crippen molar-refractivity contribution in [2.24, 2.45) is 0 Å². The summed E-state index contributed by atoms with van der Waals surface area (Å²) in [5.41, 5.74) is -0.577. The fourth-order valence-corrected chi connectivity index (χ4v) is 4.20. The van der Waals surface area contributed by atoms with Crippen molar-refractivity contribution in [1.82, 2.24) is 4.72 Å². The Hall–Kier alpha value is -0.650. The van der Waals surface area contributed by atoms with Gasteiger partial charge in [0.1, 0.15) is 5.82 Å². The third-order valence-electron chi connectivity index (χ3n) is 3.27. The van der Waals surface area contributed by atoms with E-state index in [1.807, 2.05) is 0 Å². The maximum atomic E-state index is 13.1. The SMILES string of the molecule is O=S(=O)(NC1(CCl)CCCC1)c1cccc(F)c1. The molecular formula is C12H15ClFNO2S. The van der Waals surface area contributed by atoms with Crippen LogP contribution in [0, 0.1) is 5.82 Å². The number of sulfonamides is 1. The average Bonchev–Trinajstić information content (AvgIpc) is 2.77. The lowest BCUT2D eigenvalue weighted by molar-refractivity contribution is 0.432. The minimum Gasteiger partial charge on any atom is -0.207 e. The van der Waals surface area contributed by atoms with Gasteiger partial charge in [0, 0.05) is 11.4 Å². The van der Waals surface area contributed by atoms with E-state index in [0.29, 0.717) is 0 Å². The highest BCUT2D eigenvalue weighted by molar-refractivity contribution is 7.89. The van der Waals surface area contributed by atoms with Crippen LogP contribution in [0.15, 0.2) is 29.2 Å². The summed E-state index contributed by atoms with van der Waals surface area (Å²) in [6, 6.07) is 4.99. The number of halogens is 2. The minimum absolute atomic E-state index is 0.0566. The summed E-state index contributed by atoms with van der Waals surface area (Å²) in [7, 11) is -3.71. The van der Waals surface area contributed by atoms with E-state index in [-0.39, 0.29) is 10.8 Å². The van der Waals surface area contributed by atoms with Crippen molar-refractivity contribution in [3.8, 4) is 0 Å². The van der Waals surface area contributed by atoms with Crippen LogP contribution in [-0.2, 0) is 10.0 Å². The van der Waals surface area contributed by atoms with Crippen molar-refractivity contribution in [2.45, 2.75) is 36.1 Å². The van der Waals surface area contributed by atoms with Crippen LogP contribution < -0.4 is 4.72 Å². The van der Waals surface area contributed by atoms with Gasteiger partial charge in [0.25, 0.3) is 0 Å². The Morgan fingerprint density at radius 3 is 2.56 bits per heavy atom. The van der Waals surface area contributed by atoms with Gasteiger partial charge in [-0.1, -0.05) is 18.9 Å². The zero-order chi connectivity index (χ0) is 13.2. The van der Waals surface area contributed by atoms with Crippen molar-refractivity contribution in [3.63, 3.8) is 0 Å². The standard InChI is InChI=1S/C12H15ClFNO2S/c13-9-12(6-1-2-7-12)15-18(16,17)11-5-3-4-10(14)8-11/h3-5,8,15H,1-2,6-7,9H2. The van der Waals surface area contributed by atoms with Crippen LogP contribution in [0.2, 0.25) is 0 Å². The summed E-state index contributed by atoms with van der Waals surface area (Å²) in [4.78, 5) is -0.0566. The number of hydrogen-bond acceptors (Lipinski definition) is 2. The Bertz CT molecular complexity index is 527. The average molecular weight is 292 g/mol. The summed E-state index contributed by atoms with van der Waals surface area (Å²) in [6.45, 7) is 0. The zero-order valence-corrected chi connectivity index (χ0v) is 11.4. The second-order valence-corrected chi connectivity index (χ2v) is 6.63. The highest BCUT2D eigenvalue weighted by atomic mass is 35.5. The molecule has 100 valence electrons. The Labute approximate surface area is 111 Å². The first-order valence-electron chi connectivity index (χ1n) is 5.83. The van der Waals surface area contributed by atoms with E-state index < -0.39 is 21.4 Å². The van der Waals surface area contributed by atoms with E-state index in [9.17, 15) is 12.8 Å². The molecule has 2 rings (SSSR count). The van der Waals surface area contributed by atoms with Crippen LogP contribution in [0.4, 0.5) is 4.39 Å². The maximum Gasteiger partial charge on any atom is 0.241 e. The smallest absolute Gasteiger partial charge is 0.207 e. The highest BCUT2D eigenvalue weighted by Crippen LogP contribution is 2.32. The first-order chi connectivity index (χ1) is 8.47. The second kappa shape index (κ2) is 5.15. The van der Waals surface area contributed by atoms with Gasteiger partial charge in [-0.2, -0.15) is 0 Å². The molecular weight excluding hydrogens is 277 g/mol. The molecule has 0 bridgehead atoms. The molecule has 0 aromatic heterocycles. The zero-order valence-electron chi connectivity index (χ0n) is 9.83. The quantitative estimate of drug-likeness (QED) is 0.867. The van der Waals surface area contributed by atoms with Gasteiger partial charge in [0.2, 0.25) is 10.0 Å². The molecule has 1 aliphatic rings. The second-order valence-electron chi connectivity index (χ2n) is 4.68. The van der Waals surface area contributed by atoms with Gasteiger partial charge in [0.05, 0.1) is 4.90 Å². The summed E-state index contributed by atoms with van der Waals surface area (Å²) >= 11 is 5.89. The van der Waals surface area contributed by atoms with E-state index in [1.165, 1.54) is 18.2 Å². The van der Waals surface area contributed by atoms with Gasteiger partial charge >= 0.3 is 0 Å². The van der Waals surface area contributed by atoms with Crippen LogP contribution in [-0.4, -0.2) is 19.8 Å². The van der Waals surface area contributed by atoms with Crippen LogP contribution in [0.25, 0.3) is 0 Å². The number of benzene rings is 1. The molecule has 0 heterocycles. The lowest BCUT2D eigenvalue weighted by Gasteiger charge is -2.27. The first kappa shape index (κ1) is 13.8. The molecule has 1 aromatic carbocycles. The molecule has 3 nitrogen and oxygen atoms in total. The summed E-state index contributed by atoms with van der Waals surface area (Å²) < 4.78 is 40.0. The molecule has 6 heteroatoms. The summed E-state index contributed by atoms with van der Waals surface area (Å²) in [5.74, 6) is -0.328. The fourth-order valence-electron chi connectivity index (χ4n) is 2.29. The third kappa shape index (κ3) is 2.84. The molecule has 1 aromatic rings. The predicted molar refractivity (Wildman–Crippen MR) is 68.6 cm³/mol. The molecule has 0 radical (unpaired) electrons. The molecule has 1 aliphatic carbocycles. The molecule has 18 heavy (non-hydrogen) atoms. The fraction of sp³-hybridized carbons (Fsp3) is 0.500. The number of rotatable bonds is 4. The molecule has 1 saturated carbocycles. The van der Waals surface area contributed by atoms with Gasteiger partial charge in [-0.05, 0) is 31.0 Å². The van der Waals surface area contributed by atoms with Crippen molar-refractivity contribution in [2.75, 3.05) is 5.88 Å². The van der Waals surface area contributed by atoms with Crippen molar-refractivity contribution < 1.29 is 12.8 Å². The van der Waals surface area contributed by atoms with Gasteiger partial charge in [-0.25, -0.2) is 17.5 Å². The van der Waals surface area contributed by atoms with E-state index in [2.05, 4.69) is 4.72 Å². The Balaban J connectivity index is 2.27. The maximum absolute atomic E-state index is 13.1. The molecule has 0 spiro atoms. The summed E-state index contributed by atoms with van der Waals surface area (Å²) in [5, 5.41) is 0. The molecule has 0 saturated heterocycles. The van der Waals surface area contributed by atoms with E-state index in [0.717, 1.165) is 31.7 Å². The first-order valence-corrected chi connectivity index (χ1v) is 7.85. The number of nitrogens with one attached hydrogen (secondary N) is 1. The Morgan fingerprint density at radius 2 is 2.00 bits per heavy atom. The lowest BCUT2D eigenvalue weighted by Crippen LogP contribution is -2.47. The third-order valence-corrected chi connectivity index (χ3v) is 5.36. The molecule has 0 unspecified atom stereocenters.